The molecule has 5 rings (SSSR count). The Kier molecular flexibility index (Phi) is 5.18. The number of hydrogen-bond donors (Lipinski definition) is 1. The number of pyridine rings is 1. The van der Waals surface area contributed by atoms with Crippen molar-refractivity contribution >= 4 is 23.0 Å². The van der Waals surface area contributed by atoms with Crippen LogP contribution in [0.2, 0.25) is 0 Å². The van der Waals surface area contributed by atoms with Crippen LogP contribution in [0.5, 0.6) is 0 Å². The second-order valence-electron chi connectivity index (χ2n) is 8.22. The smallest absolute Gasteiger partial charge is 0.342 e. The van der Waals surface area contributed by atoms with Crippen molar-refractivity contribution in [1.29, 1.82) is 0 Å². The number of imidazole rings is 1. The predicted octanol–water partition coefficient (Wildman–Crippen LogP) is 3.27. The Balaban J connectivity index is 1.38. The molecule has 5 heterocycles. The maximum Gasteiger partial charge on any atom is 0.433 e. The summed E-state index contributed by atoms with van der Waals surface area (Å²) in [7, 11) is 0. The minimum atomic E-state index is -4.54. The fourth-order valence-electron chi connectivity index (χ4n) is 4.35. The molecule has 0 bridgehead atoms. The van der Waals surface area contributed by atoms with Crippen LogP contribution in [0.3, 0.4) is 0 Å². The number of halogens is 3. The van der Waals surface area contributed by atoms with Gasteiger partial charge in [-0.15, -0.1) is 0 Å². The number of fused-ring (bicyclic) bond motifs is 1. The number of rotatable bonds is 3. The number of anilines is 1. The van der Waals surface area contributed by atoms with E-state index in [9.17, 15) is 18.0 Å². The van der Waals surface area contributed by atoms with Crippen LogP contribution in [0.25, 0.3) is 22.7 Å². The molecule has 32 heavy (non-hydrogen) atoms. The summed E-state index contributed by atoms with van der Waals surface area (Å²) >= 11 is 0. The Hall–Kier alpha value is -3.24. The summed E-state index contributed by atoms with van der Waals surface area (Å²) in [6.45, 7) is 2.95. The fourth-order valence-corrected chi connectivity index (χ4v) is 4.35. The van der Waals surface area contributed by atoms with E-state index in [1.165, 1.54) is 12.1 Å². The van der Waals surface area contributed by atoms with Crippen LogP contribution < -0.4 is 4.90 Å². The molecule has 11 heteroatoms. The average Bonchev–Trinajstić information content (AvgIpc) is 3.48. The van der Waals surface area contributed by atoms with Crippen molar-refractivity contribution < 1.29 is 18.0 Å². The van der Waals surface area contributed by atoms with E-state index >= 15 is 0 Å². The number of carbonyl (C=O) groups excluding carboxylic acids is 1. The van der Waals surface area contributed by atoms with Crippen LogP contribution in [0.15, 0.2) is 24.4 Å². The van der Waals surface area contributed by atoms with Gasteiger partial charge in [-0.1, -0.05) is 6.07 Å². The second-order valence-corrected chi connectivity index (χ2v) is 8.22. The minimum absolute atomic E-state index is 0.0774. The van der Waals surface area contributed by atoms with E-state index in [2.05, 4.69) is 24.9 Å². The number of hydrogen-bond acceptors (Lipinski definition) is 6. The van der Waals surface area contributed by atoms with Gasteiger partial charge >= 0.3 is 6.18 Å². The van der Waals surface area contributed by atoms with Gasteiger partial charge < -0.3 is 14.8 Å². The van der Waals surface area contributed by atoms with Crippen molar-refractivity contribution in [1.82, 2.24) is 29.8 Å². The summed E-state index contributed by atoms with van der Waals surface area (Å²) in [5.41, 5.74) is -0.0558. The summed E-state index contributed by atoms with van der Waals surface area (Å²) < 4.78 is 39.0. The normalized spacial score (nSPS) is 19.7. The quantitative estimate of drug-likeness (QED) is 0.666. The van der Waals surface area contributed by atoms with Crippen molar-refractivity contribution in [2.75, 3.05) is 31.1 Å². The number of alkyl halides is 3. The Morgan fingerprint density at radius 1 is 1.06 bits per heavy atom. The second kappa shape index (κ2) is 8.03. The minimum Gasteiger partial charge on any atom is -0.342 e. The van der Waals surface area contributed by atoms with Crippen LogP contribution >= 0.6 is 0 Å². The van der Waals surface area contributed by atoms with Crippen LogP contribution in [0, 0.1) is 5.92 Å². The molecule has 1 atom stereocenters. The maximum absolute atomic E-state index is 13.0. The van der Waals surface area contributed by atoms with Gasteiger partial charge in [0.15, 0.2) is 11.5 Å². The summed E-state index contributed by atoms with van der Waals surface area (Å²) in [6, 6.07) is 3.67. The monoisotopic (exact) mass is 445 g/mol. The van der Waals surface area contributed by atoms with Gasteiger partial charge in [0.25, 0.3) is 0 Å². The zero-order chi connectivity index (χ0) is 22.3. The molecule has 0 aliphatic carbocycles. The zero-order valence-corrected chi connectivity index (χ0v) is 17.3. The first kappa shape index (κ1) is 20.7. The van der Waals surface area contributed by atoms with Gasteiger partial charge in [0, 0.05) is 26.2 Å². The van der Waals surface area contributed by atoms with Crippen LogP contribution in [-0.2, 0) is 11.0 Å². The highest BCUT2D eigenvalue weighted by Crippen LogP contribution is 2.29. The van der Waals surface area contributed by atoms with Crippen molar-refractivity contribution in [2.45, 2.75) is 31.9 Å². The molecule has 168 valence electrons. The molecule has 3 aromatic heterocycles. The SMILES string of the molecule is O=C(C1CCCN(c2ncc3[nH]c(-c4cccc(C(F)(F)F)n4)nc3n2)C1)N1CCCC1. The first-order valence-electron chi connectivity index (χ1n) is 10.7. The summed E-state index contributed by atoms with van der Waals surface area (Å²) in [5, 5.41) is 0. The molecule has 2 aliphatic rings. The third-order valence-electron chi connectivity index (χ3n) is 5.98. The van der Waals surface area contributed by atoms with Gasteiger partial charge in [-0.3, -0.25) is 4.79 Å². The molecule has 1 amide bonds. The van der Waals surface area contributed by atoms with E-state index in [1.807, 2.05) is 9.80 Å². The molecule has 0 spiro atoms. The first-order chi connectivity index (χ1) is 15.4. The molecule has 1 N–H and O–H groups in total. The molecule has 2 saturated heterocycles. The van der Waals surface area contributed by atoms with Crippen LogP contribution in [-0.4, -0.2) is 61.9 Å². The number of piperidine rings is 1. The zero-order valence-electron chi connectivity index (χ0n) is 17.3. The van der Waals surface area contributed by atoms with Gasteiger partial charge in [0.2, 0.25) is 11.9 Å². The number of amides is 1. The molecule has 1 unspecified atom stereocenters. The highest BCUT2D eigenvalue weighted by atomic mass is 19.4. The predicted molar refractivity (Wildman–Crippen MR) is 111 cm³/mol. The summed E-state index contributed by atoms with van der Waals surface area (Å²) in [4.78, 5) is 36.6. The number of aromatic nitrogens is 5. The average molecular weight is 445 g/mol. The first-order valence-corrected chi connectivity index (χ1v) is 10.7. The third-order valence-corrected chi connectivity index (χ3v) is 5.98. The number of nitrogens with zero attached hydrogens (tertiary/aromatic N) is 6. The number of likely N-dealkylation sites (tertiary alicyclic amines) is 1. The molecular weight excluding hydrogens is 423 g/mol. The Bertz CT molecular complexity index is 1140. The highest BCUT2D eigenvalue weighted by molar-refractivity contribution is 5.80. The lowest BCUT2D eigenvalue weighted by Crippen LogP contribution is -2.44. The topological polar surface area (TPSA) is 90.9 Å². The molecule has 0 aromatic carbocycles. The van der Waals surface area contributed by atoms with Crippen LogP contribution in [0.4, 0.5) is 19.1 Å². The van der Waals surface area contributed by atoms with Gasteiger partial charge in [-0.2, -0.15) is 18.2 Å². The van der Waals surface area contributed by atoms with Crippen LogP contribution in [0.1, 0.15) is 31.4 Å². The van der Waals surface area contributed by atoms with Gasteiger partial charge in [-0.05, 0) is 37.8 Å². The van der Waals surface area contributed by atoms with Crippen molar-refractivity contribution in [3.05, 3.63) is 30.1 Å². The van der Waals surface area contributed by atoms with E-state index in [0.29, 0.717) is 23.7 Å². The van der Waals surface area contributed by atoms with Crippen molar-refractivity contribution in [3.63, 3.8) is 0 Å². The van der Waals surface area contributed by atoms with E-state index in [0.717, 1.165) is 51.4 Å². The van der Waals surface area contributed by atoms with Gasteiger partial charge in [-0.25, -0.2) is 15.0 Å². The molecular formula is C21H22F3N7O. The van der Waals surface area contributed by atoms with Gasteiger partial charge in [0.05, 0.1) is 12.1 Å². The molecule has 3 aromatic rings. The highest BCUT2D eigenvalue weighted by Gasteiger charge is 2.33. The molecule has 0 saturated carbocycles. The molecule has 2 aliphatic heterocycles. The number of H-pyrrole nitrogens is 1. The molecule has 2 fully saturated rings. The lowest BCUT2D eigenvalue weighted by atomic mass is 9.97. The largest absolute Gasteiger partial charge is 0.433 e. The fraction of sp³-hybridized carbons (Fsp3) is 0.476. The Labute approximate surface area is 181 Å². The Morgan fingerprint density at radius 2 is 1.88 bits per heavy atom. The lowest BCUT2D eigenvalue weighted by molar-refractivity contribution is -0.141. The number of aromatic amines is 1. The summed E-state index contributed by atoms with van der Waals surface area (Å²) in [5.74, 6) is 0.779. The molecule has 0 radical (unpaired) electrons. The van der Waals surface area contributed by atoms with E-state index < -0.39 is 11.9 Å². The third kappa shape index (κ3) is 3.98. The van der Waals surface area contributed by atoms with E-state index in [4.69, 9.17) is 0 Å². The molecule has 8 nitrogen and oxygen atoms in total. The lowest BCUT2D eigenvalue weighted by Gasteiger charge is -2.33. The number of nitrogens with one attached hydrogen (secondary N) is 1. The Morgan fingerprint density at radius 3 is 2.66 bits per heavy atom. The van der Waals surface area contributed by atoms with E-state index in [1.54, 1.807) is 6.20 Å². The number of carbonyl (C=O) groups is 1. The van der Waals surface area contributed by atoms with Crippen molar-refractivity contribution in [2.24, 2.45) is 5.92 Å². The standard InChI is InChI=1S/C21H22F3N7O/c22-21(23,24)16-7-3-6-14(26-16)17-27-15-11-25-20(29-18(15)28-17)31-10-4-5-13(12-31)19(32)30-8-1-2-9-30/h3,6-7,11,13H,1-2,4-5,8-10,12H2,(H,25,27,28,29). The van der Waals surface area contributed by atoms with E-state index in [-0.39, 0.29) is 23.3 Å². The maximum atomic E-state index is 13.0. The van der Waals surface area contributed by atoms with Gasteiger partial charge in [0.1, 0.15) is 16.9 Å². The van der Waals surface area contributed by atoms with Crippen molar-refractivity contribution in [3.8, 4) is 11.5 Å². The summed E-state index contributed by atoms with van der Waals surface area (Å²) in [6.07, 6.45) is 0.863.